The Kier molecular flexibility index (Phi) is 8.32. The number of rotatable bonds is 5. The van der Waals surface area contributed by atoms with Crippen molar-refractivity contribution < 1.29 is 0 Å². The van der Waals surface area contributed by atoms with E-state index in [0.29, 0.717) is 0 Å². The zero-order valence-electron chi connectivity index (χ0n) is 32.6. The first-order chi connectivity index (χ1) is 28.7. The van der Waals surface area contributed by atoms with E-state index in [9.17, 15) is 0 Å². The molecule has 0 spiro atoms. The SMILES string of the molecule is CC1/C(n2c3c(c4ccccc42)C=CCC3)=C\C=C/CN(c2ccc3c4ccccc4n(-c4cccc(-c5cccc(-c6ccccc6)c5)c4)c3c2)c2ccccc21. The van der Waals surface area contributed by atoms with Gasteiger partial charge in [0.15, 0.2) is 0 Å². The van der Waals surface area contributed by atoms with Gasteiger partial charge in [-0.3, -0.25) is 0 Å². The molecule has 58 heavy (non-hydrogen) atoms. The van der Waals surface area contributed by atoms with Crippen molar-refractivity contribution in [1.82, 2.24) is 9.13 Å². The first-order valence-electron chi connectivity index (χ1n) is 20.5. The molecule has 9 aromatic rings. The van der Waals surface area contributed by atoms with Crippen LogP contribution in [0.4, 0.5) is 11.4 Å². The lowest BCUT2D eigenvalue weighted by molar-refractivity contribution is 0.840. The van der Waals surface area contributed by atoms with Gasteiger partial charge < -0.3 is 14.0 Å². The van der Waals surface area contributed by atoms with Crippen molar-refractivity contribution >= 4 is 55.9 Å². The second-order valence-corrected chi connectivity index (χ2v) is 15.6. The molecule has 1 atom stereocenters. The minimum Gasteiger partial charge on any atom is -0.337 e. The van der Waals surface area contributed by atoms with E-state index in [1.807, 2.05) is 0 Å². The number of hydrogen-bond acceptors (Lipinski definition) is 1. The Hall–Kier alpha value is -7.10. The molecule has 0 saturated heterocycles. The molecule has 2 aromatic heterocycles. The molecule has 0 N–H and O–H groups in total. The van der Waals surface area contributed by atoms with Crippen LogP contribution in [0.3, 0.4) is 0 Å². The van der Waals surface area contributed by atoms with E-state index in [2.05, 4.69) is 221 Å². The normalized spacial score (nSPS) is 16.7. The second kappa shape index (κ2) is 14.1. The van der Waals surface area contributed by atoms with Crippen molar-refractivity contribution in [2.75, 3.05) is 11.4 Å². The summed E-state index contributed by atoms with van der Waals surface area (Å²) in [5, 5.41) is 3.83. The molecule has 0 radical (unpaired) electrons. The molecule has 0 fully saturated rings. The molecule has 2 aliphatic rings. The maximum atomic E-state index is 2.56. The second-order valence-electron chi connectivity index (χ2n) is 15.6. The molecule has 0 bridgehead atoms. The standard InChI is InChI=1S/C55H43N3/c1-38-45-23-5-9-28-51(45)56(34-14-13-27-50(38)58-53-30-11-7-24-46(53)47-25-8-12-31-54(47)58)43-32-33-49-48-26-6-10-29-52(48)57(55(49)37-43)44-22-16-21-42(36-44)41-20-15-19-40(35-41)39-17-3-2-4-18-39/h2-11,13-30,32-33,35-38H,12,31,34H2,1H3/b14-13-,50-27+. The maximum absolute atomic E-state index is 2.56. The third-order valence-corrected chi connectivity index (χ3v) is 12.3. The number of benzene rings is 7. The van der Waals surface area contributed by atoms with E-state index >= 15 is 0 Å². The number of fused-ring (bicyclic) bond motifs is 7. The van der Waals surface area contributed by atoms with Crippen molar-refractivity contribution in [3.05, 3.63) is 211 Å². The molecule has 1 unspecified atom stereocenters. The van der Waals surface area contributed by atoms with Gasteiger partial charge in [0.25, 0.3) is 0 Å². The van der Waals surface area contributed by atoms with Gasteiger partial charge in [-0.05, 0) is 95.3 Å². The molecule has 1 aliphatic carbocycles. The van der Waals surface area contributed by atoms with Crippen LogP contribution in [0, 0.1) is 0 Å². The van der Waals surface area contributed by atoms with Crippen LogP contribution in [-0.2, 0) is 6.42 Å². The molecule has 3 nitrogen and oxygen atoms in total. The van der Waals surface area contributed by atoms with Gasteiger partial charge in [-0.15, -0.1) is 0 Å². The predicted octanol–water partition coefficient (Wildman–Crippen LogP) is 14.4. The summed E-state index contributed by atoms with van der Waals surface area (Å²) in [6.45, 7) is 3.13. The summed E-state index contributed by atoms with van der Waals surface area (Å²) in [4.78, 5) is 2.50. The molecule has 3 heteroatoms. The van der Waals surface area contributed by atoms with Crippen molar-refractivity contribution in [1.29, 1.82) is 0 Å². The average molecular weight is 746 g/mol. The van der Waals surface area contributed by atoms with Crippen molar-refractivity contribution in [2.45, 2.75) is 25.7 Å². The molecular weight excluding hydrogens is 703 g/mol. The Morgan fingerprint density at radius 2 is 1.17 bits per heavy atom. The summed E-state index contributed by atoms with van der Waals surface area (Å²) >= 11 is 0. The first kappa shape index (κ1) is 34.2. The minimum atomic E-state index is 0.144. The van der Waals surface area contributed by atoms with E-state index in [0.717, 1.165) is 25.1 Å². The smallest absolute Gasteiger partial charge is 0.0561 e. The zero-order chi connectivity index (χ0) is 38.6. The highest BCUT2D eigenvalue weighted by molar-refractivity contribution is 6.10. The van der Waals surface area contributed by atoms with Gasteiger partial charge in [-0.2, -0.15) is 0 Å². The summed E-state index contributed by atoms with van der Waals surface area (Å²) in [5.74, 6) is 0.144. The van der Waals surface area contributed by atoms with Crippen LogP contribution < -0.4 is 4.90 Å². The fourth-order valence-corrected chi connectivity index (χ4v) is 9.55. The first-order valence-corrected chi connectivity index (χ1v) is 20.5. The molecule has 0 saturated carbocycles. The van der Waals surface area contributed by atoms with E-state index in [4.69, 9.17) is 0 Å². The molecular formula is C55H43N3. The van der Waals surface area contributed by atoms with Crippen LogP contribution in [0.15, 0.2) is 194 Å². The van der Waals surface area contributed by atoms with Crippen molar-refractivity contribution in [3.63, 3.8) is 0 Å². The van der Waals surface area contributed by atoms with Crippen LogP contribution in [0.5, 0.6) is 0 Å². The lowest BCUT2D eigenvalue weighted by Gasteiger charge is -2.29. The summed E-state index contributed by atoms with van der Waals surface area (Å²) in [6.07, 6.45) is 13.7. The van der Waals surface area contributed by atoms with Crippen LogP contribution in [0.1, 0.15) is 36.1 Å². The van der Waals surface area contributed by atoms with E-state index in [1.165, 1.54) is 88.9 Å². The zero-order valence-corrected chi connectivity index (χ0v) is 32.6. The van der Waals surface area contributed by atoms with E-state index in [-0.39, 0.29) is 5.92 Å². The topological polar surface area (TPSA) is 13.1 Å². The van der Waals surface area contributed by atoms with Gasteiger partial charge in [0.1, 0.15) is 0 Å². The summed E-state index contributed by atoms with van der Waals surface area (Å²) in [6, 6.07) is 62.3. The van der Waals surface area contributed by atoms with Crippen LogP contribution >= 0.6 is 0 Å². The van der Waals surface area contributed by atoms with Crippen LogP contribution in [0.25, 0.3) is 72.4 Å². The van der Waals surface area contributed by atoms with Gasteiger partial charge in [-0.25, -0.2) is 0 Å². The Labute approximate surface area is 339 Å². The van der Waals surface area contributed by atoms with Gasteiger partial charge in [-0.1, -0.05) is 153 Å². The quantitative estimate of drug-likeness (QED) is 0.171. The highest BCUT2D eigenvalue weighted by Gasteiger charge is 2.26. The van der Waals surface area contributed by atoms with Gasteiger partial charge in [0, 0.05) is 62.6 Å². The average Bonchev–Trinajstić information content (AvgIpc) is 3.82. The fourth-order valence-electron chi connectivity index (χ4n) is 9.55. The Balaban J connectivity index is 1.03. The molecule has 11 rings (SSSR count). The third-order valence-electron chi connectivity index (χ3n) is 12.3. The highest BCUT2D eigenvalue weighted by Crippen LogP contribution is 2.44. The lowest BCUT2D eigenvalue weighted by atomic mass is 9.94. The monoisotopic (exact) mass is 745 g/mol. The Morgan fingerprint density at radius 3 is 2.03 bits per heavy atom. The molecule has 1 aliphatic heterocycles. The third kappa shape index (κ3) is 5.65. The largest absolute Gasteiger partial charge is 0.337 e. The minimum absolute atomic E-state index is 0.144. The van der Waals surface area contributed by atoms with Crippen molar-refractivity contribution in [3.8, 4) is 27.9 Å². The number of para-hydroxylation sites is 3. The summed E-state index contributed by atoms with van der Waals surface area (Å²) in [5.41, 5.74) is 17.5. The molecule has 7 aromatic carbocycles. The summed E-state index contributed by atoms with van der Waals surface area (Å²) < 4.78 is 5.01. The summed E-state index contributed by atoms with van der Waals surface area (Å²) in [7, 11) is 0. The van der Waals surface area contributed by atoms with Gasteiger partial charge in [0.2, 0.25) is 0 Å². The molecule has 0 amide bonds. The lowest BCUT2D eigenvalue weighted by Crippen LogP contribution is -2.19. The van der Waals surface area contributed by atoms with E-state index < -0.39 is 0 Å². The maximum Gasteiger partial charge on any atom is 0.0561 e. The number of aromatic nitrogens is 2. The Bertz CT molecular complexity index is 3120. The Morgan fingerprint density at radius 1 is 0.500 bits per heavy atom. The number of hydrogen-bond donors (Lipinski definition) is 0. The van der Waals surface area contributed by atoms with Gasteiger partial charge >= 0.3 is 0 Å². The van der Waals surface area contributed by atoms with E-state index in [1.54, 1.807) is 0 Å². The number of anilines is 2. The highest BCUT2D eigenvalue weighted by atomic mass is 15.1. The fraction of sp³-hybridized carbons (Fsp3) is 0.0909. The number of nitrogens with zero attached hydrogens (tertiary/aromatic N) is 3. The van der Waals surface area contributed by atoms with Crippen LogP contribution in [0.2, 0.25) is 0 Å². The number of allylic oxidation sites excluding steroid dienone is 4. The molecule has 3 heterocycles. The van der Waals surface area contributed by atoms with Gasteiger partial charge in [0.05, 0.1) is 16.6 Å². The van der Waals surface area contributed by atoms with Crippen molar-refractivity contribution in [2.24, 2.45) is 0 Å². The van der Waals surface area contributed by atoms with Crippen LogP contribution in [-0.4, -0.2) is 15.7 Å². The molecule has 278 valence electrons. The predicted molar refractivity (Wildman–Crippen MR) is 246 cm³/mol.